The molecular formula is C18H19NOSi. The van der Waals surface area contributed by atoms with Crippen molar-refractivity contribution >= 4 is 19.2 Å². The van der Waals surface area contributed by atoms with Crippen LogP contribution in [-0.2, 0) is 4.74 Å². The van der Waals surface area contributed by atoms with E-state index in [1.807, 2.05) is 0 Å². The Morgan fingerprint density at radius 1 is 0.952 bits per heavy atom. The van der Waals surface area contributed by atoms with Crippen LogP contribution in [0.4, 0.5) is 0 Å². The van der Waals surface area contributed by atoms with Crippen molar-refractivity contribution in [3.8, 4) is 6.07 Å². The molecule has 0 spiro atoms. The molecule has 0 saturated heterocycles. The van der Waals surface area contributed by atoms with Crippen molar-refractivity contribution in [2.75, 3.05) is 13.2 Å². The van der Waals surface area contributed by atoms with Gasteiger partial charge in [0.15, 0.2) is 0 Å². The lowest BCUT2D eigenvalue weighted by atomic mass is 10.4. The van der Waals surface area contributed by atoms with Crippen LogP contribution in [0.25, 0.3) is 0 Å². The molecule has 0 saturated carbocycles. The molecule has 0 aromatic heterocycles. The van der Waals surface area contributed by atoms with Gasteiger partial charge in [-0.15, -0.1) is 0 Å². The van der Waals surface area contributed by atoms with Crippen LogP contribution < -0.4 is 10.4 Å². The van der Waals surface area contributed by atoms with E-state index in [1.165, 1.54) is 10.4 Å². The Bertz CT molecular complexity index is 550. The fourth-order valence-electron chi connectivity index (χ4n) is 2.20. The Hall–Kier alpha value is -2.15. The molecule has 2 nitrogen and oxygen atoms in total. The minimum atomic E-state index is -1.33. The lowest BCUT2D eigenvalue weighted by Gasteiger charge is -2.12. The smallest absolute Gasteiger partial charge is 0.125 e. The molecule has 0 N–H and O–H groups in total. The highest BCUT2D eigenvalue weighted by Gasteiger charge is 2.11. The molecule has 0 aliphatic rings. The third kappa shape index (κ3) is 5.03. The molecule has 0 aliphatic heterocycles. The maximum atomic E-state index is 8.47. The van der Waals surface area contributed by atoms with Gasteiger partial charge < -0.3 is 4.74 Å². The zero-order valence-electron chi connectivity index (χ0n) is 12.0. The predicted octanol–water partition coefficient (Wildman–Crippen LogP) is 2.05. The molecule has 0 aliphatic carbocycles. The molecule has 0 heterocycles. The van der Waals surface area contributed by atoms with Gasteiger partial charge in [-0.1, -0.05) is 82.8 Å². The summed E-state index contributed by atoms with van der Waals surface area (Å²) in [6.45, 7) is 1.08. The van der Waals surface area contributed by atoms with Crippen molar-refractivity contribution < 1.29 is 4.74 Å². The van der Waals surface area contributed by atoms with E-state index in [9.17, 15) is 0 Å². The van der Waals surface area contributed by atoms with E-state index in [4.69, 9.17) is 10.00 Å². The summed E-state index contributed by atoms with van der Waals surface area (Å²) in [5.41, 5.74) is 2.30. The van der Waals surface area contributed by atoms with Crippen molar-refractivity contribution in [2.45, 2.75) is 6.42 Å². The van der Waals surface area contributed by atoms with Crippen LogP contribution in [-0.4, -0.2) is 22.0 Å². The Morgan fingerprint density at radius 3 is 2.05 bits per heavy atom. The number of ether oxygens (including phenoxy) is 1. The summed E-state index contributed by atoms with van der Waals surface area (Å²) < 4.78 is 5.41. The Labute approximate surface area is 127 Å². The van der Waals surface area contributed by atoms with Gasteiger partial charge in [0.2, 0.25) is 0 Å². The van der Waals surface area contributed by atoms with Gasteiger partial charge in [-0.05, 0) is 0 Å². The van der Waals surface area contributed by atoms with Crippen molar-refractivity contribution in [3.63, 3.8) is 0 Å². The third-order valence-electron chi connectivity index (χ3n) is 3.22. The molecule has 0 fully saturated rings. The van der Waals surface area contributed by atoms with E-state index >= 15 is 0 Å². The molecule has 2 rings (SSSR count). The van der Waals surface area contributed by atoms with Crippen molar-refractivity contribution in [1.29, 1.82) is 5.26 Å². The molecule has 0 amide bonds. The van der Waals surface area contributed by atoms with Gasteiger partial charge in [0.1, 0.15) is 8.80 Å². The minimum Gasteiger partial charge on any atom is -0.376 e. The topological polar surface area (TPSA) is 33.0 Å². The first-order valence-electron chi connectivity index (χ1n) is 7.13. The summed E-state index contributed by atoms with van der Waals surface area (Å²) >= 11 is 0. The molecular weight excluding hydrogens is 274 g/mol. The van der Waals surface area contributed by atoms with Crippen LogP contribution in [0.3, 0.4) is 0 Å². The summed E-state index contributed by atoms with van der Waals surface area (Å²) in [5, 5.41) is 11.3. The molecule has 0 bridgehead atoms. The summed E-state index contributed by atoms with van der Waals surface area (Å²) in [7, 11) is -1.33. The van der Waals surface area contributed by atoms with Gasteiger partial charge in [0.05, 0.1) is 25.7 Å². The van der Waals surface area contributed by atoms with Crippen LogP contribution in [0.5, 0.6) is 0 Å². The highest BCUT2D eigenvalue weighted by molar-refractivity contribution is 6.89. The lowest BCUT2D eigenvalue weighted by Crippen LogP contribution is -2.40. The SMILES string of the molecule is N#CCCOCC=C[SiH](c1ccccc1)c1ccccc1. The van der Waals surface area contributed by atoms with E-state index in [-0.39, 0.29) is 0 Å². The first-order valence-corrected chi connectivity index (χ1v) is 8.95. The van der Waals surface area contributed by atoms with Crippen LogP contribution in [0.1, 0.15) is 6.42 Å². The zero-order chi connectivity index (χ0) is 14.8. The van der Waals surface area contributed by atoms with Crippen LogP contribution >= 0.6 is 0 Å². The zero-order valence-corrected chi connectivity index (χ0v) is 13.1. The second kappa shape index (κ2) is 8.91. The third-order valence-corrected chi connectivity index (χ3v) is 6.08. The maximum absolute atomic E-state index is 8.47. The van der Waals surface area contributed by atoms with Gasteiger partial charge in [0.25, 0.3) is 0 Å². The number of hydrogen-bond donors (Lipinski definition) is 0. The molecule has 3 heteroatoms. The minimum absolute atomic E-state index is 0.450. The Balaban J connectivity index is 2.07. The summed E-state index contributed by atoms with van der Waals surface area (Å²) in [5.74, 6) is 0. The van der Waals surface area contributed by atoms with E-state index in [0.29, 0.717) is 19.6 Å². The second-order valence-corrected chi connectivity index (χ2v) is 7.38. The van der Waals surface area contributed by atoms with E-state index in [0.717, 1.165) is 0 Å². The molecule has 0 radical (unpaired) electrons. The molecule has 106 valence electrons. The molecule has 21 heavy (non-hydrogen) atoms. The molecule has 2 aromatic rings. The van der Waals surface area contributed by atoms with E-state index < -0.39 is 8.80 Å². The van der Waals surface area contributed by atoms with Crippen molar-refractivity contribution in [2.24, 2.45) is 0 Å². The van der Waals surface area contributed by atoms with Crippen LogP contribution in [0.15, 0.2) is 72.4 Å². The van der Waals surface area contributed by atoms with Gasteiger partial charge in [-0.3, -0.25) is 0 Å². The largest absolute Gasteiger partial charge is 0.376 e. The van der Waals surface area contributed by atoms with Gasteiger partial charge in [0, 0.05) is 0 Å². The molecule has 0 unspecified atom stereocenters. The summed E-state index contributed by atoms with van der Waals surface area (Å²) in [6, 6.07) is 23.3. The summed E-state index contributed by atoms with van der Waals surface area (Å²) in [4.78, 5) is 0. The van der Waals surface area contributed by atoms with Crippen LogP contribution in [0, 0.1) is 11.3 Å². The van der Waals surface area contributed by atoms with E-state index in [1.54, 1.807) is 0 Å². The average molecular weight is 293 g/mol. The highest BCUT2D eigenvalue weighted by atomic mass is 28.3. The average Bonchev–Trinajstić information content (AvgIpc) is 2.56. The first kappa shape index (κ1) is 15.2. The van der Waals surface area contributed by atoms with Crippen molar-refractivity contribution in [1.82, 2.24) is 0 Å². The monoisotopic (exact) mass is 293 g/mol. The predicted molar refractivity (Wildman–Crippen MR) is 89.5 cm³/mol. The van der Waals surface area contributed by atoms with Crippen LogP contribution in [0.2, 0.25) is 0 Å². The molecule has 0 atom stereocenters. The quantitative estimate of drug-likeness (QED) is 0.578. The number of nitriles is 1. The van der Waals surface area contributed by atoms with E-state index in [2.05, 4.69) is 78.5 Å². The van der Waals surface area contributed by atoms with Crippen molar-refractivity contribution in [3.05, 3.63) is 72.4 Å². The Morgan fingerprint density at radius 2 is 1.52 bits per heavy atom. The highest BCUT2D eigenvalue weighted by Crippen LogP contribution is 1.95. The number of nitrogens with zero attached hydrogens (tertiary/aromatic N) is 1. The second-order valence-electron chi connectivity index (χ2n) is 4.71. The molecule has 2 aromatic carbocycles. The van der Waals surface area contributed by atoms with Gasteiger partial charge in [-0.25, -0.2) is 0 Å². The summed E-state index contributed by atoms with van der Waals surface area (Å²) in [6.07, 6.45) is 2.54. The number of benzene rings is 2. The normalized spacial score (nSPS) is 10.9. The first-order chi connectivity index (χ1) is 10.4. The fraction of sp³-hybridized carbons (Fsp3) is 0.167. The Kier molecular flexibility index (Phi) is 6.46. The fourth-order valence-corrected chi connectivity index (χ4v) is 4.68. The standard InChI is InChI=1S/C18H19NOSi/c19-13-7-14-20-15-8-16-21(17-9-3-1-4-10-17)18-11-5-2-6-12-18/h1-6,8-12,16,21H,7,14-15H2. The number of hydrogen-bond acceptors (Lipinski definition) is 2. The van der Waals surface area contributed by atoms with Gasteiger partial charge in [-0.2, -0.15) is 5.26 Å². The number of rotatable bonds is 7. The van der Waals surface area contributed by atoms with Gasteiger partial charge >= 0.3 is 0 Å². The lowest BCUT2D eigenvalue weighted by molar-refractivity contribution is 0.168. The maximum Gasteiger partial charge on any atom is 0.125 e.